The Morgan fingerprint density at radius 3 is 2.67 bits per heavy atom. The molecule has 0 unspecified atom stereocenters. The van der Waals surface area contributed by atoms with Gasteiger partial charge in [0.15, 0.2) is 0 Å². The molecule has 0 saturated carbocycles. The van der Waals surface area contributed by atoms with Gasteiger partial charge in [0.2, 0.25) is 0 Å². The molecule has 0 aliphatic carbocycles. The first-order valence-corrected chi connectivity index (χ1v) is 11.0. The summed E-state index contributed by atoms with van der Waals surface area (Å²) in [5.41, 5.74) is 7.76. The zero-order chi connectivity index (χ0) is 24.0. The van der Waals surface area contributed by atoms with Crippen LogP contribution in [0.4, 0.5) is 4.79 Å². The summed E-state index contributed by atoms with van der Waals surface area (Å²) in [5.74, 6) is 0.460. The van der Waals surface area contributed by atoms with Gasteiger partial charge < -0.3 is 5.32 Å². The number of pyridine rings is 2. The lowest BCUT2D eigenvalue weighted by molar-refractivity contribution is 0.239. The van der Waals surface area contributed by atoms with Gasteiger partial charge in [0, 0.05) is 42.0 Å². The number of amides is 1. The third-order valence-electron chi connectivity index (χ3n) is 5.07. The summed E-state index contributed by atoms with van der Waals surface area (Å²) >= 11 is 0. The molecule has 6 nitrogen and oxygen atoms in total. The number of allylic oxidation sites excluding steroid dienone is 5. The first-order valence-electron chi connectivity index (χ1n) is 11.0. The number of carbonyl (C=O) groups is 1. The standard InChI is InChI=1S/C27H31N5O/c1-7-23(11-19(4)10-18(2)3)25-16-31-32(17-25)27(33)30-15-22-12-20(5)26(29-14-22)24-8-9-28-21(6)13-24/h7-14,16-18H,1,15H2,2-6H3,(H,30,33)/b19-10-,23-11+. The highest BCUT2D eigenvalue weighted by molar-refractivity contribution is 5.79. The van der Waals surface area contributed by atoms with Gasteiger partial charge in [-0.1, -0.05) is 50.3 Å². The molecule has 0 fully saturated rings. The second-order valence-corrected chi connectivity index (χ2v) is 8.49. The summed E-state index contributed by atoms with van der Waals surface area (Å²) in [4.78, 5) is 21.5. The molecule has 0 atom stereocenters. The van der Waals surface area contributed by atoms with Crippen molar-refractivity contribution in [3.63, 3.8) is 0 Å². The van der Waals surface area contributed by atoms with Crippen molar-refractivity contribution in [1.29, 1.82) is 0 Å². The second kappa shape index (κ2) is 10.7. The predicted molar refractivity (Wildman–Crippen MR) is 134 cm³/mol. The molecule has 0 bridgehead atoms. The van der Waals surface area contributed by atoms with Gasteiger partial charge in [-0.15, -0.1) is 0 Å². The quantitative estimate of drug-likeness (QED) is 0.464. The minimum atomic E-state index is -0.300. The van der Waals surface area contributed by atoms with Crippen LogP contribution in [0.3, 0.4) is 0 Å². The number of rotatable bonds is 7. The van der Waals surface area contributed by atoms with Crippen molar-refractivity contribution < 1.29 is 4.79 Å². The molecule has 3 rings (SSSR count). The molecule has 3 aromatic rings. The fourth-order valence-electron chi connectivity index (χ4n) is 3.65. The van der Waals surface area contributed by atoms with Crippen LogP contribution in [0.25, 0.3) is 16.8 Å². The van der Waals surface area contributed by atoms with Gasteiger partial charge in [-0.05, 0) is 55.5 Å². The van der Waals surface area contributed by atoms with Crippen LogP contribution in [0.5, 0.6) is 0 Å². The Labute approximate surface area is 195 Å². The minimum Gasteiger partial charge on any atom is -0.332 e. The molecular formula is C27H31N5O. The van der Waals surface area contributed by atoms with E-state index in [1.54, 1.807) is 30.9 Å². The number of hydrogen-bond donors (Lipinski definition) is 1. The SMILES string of the molecule is C=C/C(=C\C(C)=C/C(C)C)c1cnn(C(=O)NCc2cnc(-c3ccnc(C)c3)c(C)c2)c1. The van der Waals surface area contributed by atoms with Crippen molar-refractivity contribution in [2.75, 3.05) is 0 Å². The van der Waals surface area contributed by atoms with Crippen LogP contribution in [-0.2, 0) is 6.54 Å². The number of aryl methyl sites for hydroxylation is 2. The zero-order valence-corrected chi connectivity index (χ0v) is 20.0. The van der Waals surface area contributed by atoms with Gasteiger partial charge in [-0.25, -0.2) is 4.79 Å². The lowest BCUT2D eigenvalue weighted by Crippen LogP contribution is -2.28. The fraction of sp³-hybridized carbons (Fsp3) is 0.259. The molecule has 1 amide bonds. The highest BCUT2D eigenvalue weighted by Gasteiger charge is 2.10. The molecule has 3 heterocycles. The summed E-state index contributed by atoms with van der Waals surface area (Å²) in [6.07, 6.45) is 13.0. The van der Waals surface area contributed by atoms with Crippen LogP contribution in [0, 0.1) is 19.8 Å². The smallest absolute Gasteiger partial charge is 0.332 e. The van der Waals surface area contributed by atoms with E-state index >= 15 is 0 Å². The summed E-state index contributed by atoms with van der Waals surface area (Å²) in [6.45, 7) is 14.6. The van der Waals surface area contributed by atoms with E-state index in [4.69, 9.17) is 0 Å². The Hall–Kier alpha value is -3.80. The first-order chi connectivity index (χ1) is 15.8. The molecule has 170 valence electrons. The van der Waals surface area contributed by atoms with E-state index < -0.39 is 0 Å². The van der Waals surface area contributed by atoms with E-state index in [1.807, 2.05) is 38.1 Å². The van der Waals surface area contributed by atoms with E-state index in [0.717, 1.165) is 44.8 Å². The zero-order valence-electron chi connectivity index (χ0n) is 20.0. The molecule has 0 radical (unpaired) electrons. The third-order valence-corrected chi connectivity index (χ3v) is 5.07. The lowest BCUT2D eigenvalue weighted by Gasteiger charge is -2.09. The van der Waals surface area contributed by atoms with Gasteiger partial charge in [-0.3, -0.25) is 9.97 Å². The number of carbonyl (C=O) groups excluding carboxylic acids is 1. The normalized spacial score (nSPS) is 12.2. The van der Waals surface area contributed by atoms with Crippen LogP contribution in [-0.4, -0.2) is 25.8 Å². The second-order valence-electron chi connectivity index (χ2n) is 8.49. The maximum atomic E-state index is 12.6. The summed E-state index contributed by atoms with van der Waals surface area (Å²) < 4.78 is 1.31. The Morgan fingerprint density at radius 1 is 1.21 bits per heavy atom. The fourth-order valence-corrected chi connectivity index (χ4v) is 3.65. The van der Waals surface area contributed by atoms with E-state index in [9.17, 15) is 4.79 Å². The molecule has 0 aliphatic rings. The molecule has 33 heavy (non-hydrogen) atoms. The number of aromatic nitrogens is 4. The van der Waals surface area contributed by atoms with Gasteiger partial charge in [0.25, 0.3) is 0 Å². The Balaban J connectivity index is 1.68. The maximum absolute atomic E-state index is 12.6. The van der Waals surface area contributed by atoms with Crippen LogP contribution in [0.1, 0.15) is 43.2 Å². The maximum Gasteiger partial charge on any atom is 0.342 e. The monoisotopic (exact) mass is 441 g/mol. The average molecular weight is 442 g/mol. The molecular weight excluding hydrogens is 410 g/mol. The molecule has 0 spiro atoms. The molecule has 0 saturated heterocycles. The van der Waals surface area contributed by atoms with E-state index in [-0.39, 0.29) is 6.03 Å². The van der Waals surface area contributed by atoms with Crippen LogP contribution in [0.15, 0.2) is 73.4 Å². The van der Waals surface area contributed by atoms with Crippen LogP contribution < -0.4 is 5.32 Å². The van der Waals surface area contributed by atoms with Crippen molar-refractivity contribution in [2.45, 2.75) is 41.2 Å². The van der Waals surface area contributed by atoms with Gasteiger partial charge >= 0.3 is 6.03 Å². The lowest BCUT2D eigenvalue weighted by atomic mass is 10.0. The van der Waals surface area contributed by atoms with Gasteiger partial charge in [-0.2, -0.15) is 9.78 Å². The number of nitrogens with one attached hydrogen (secondary N) is 1. The van der Waals surface area contributed by atoms with Gasteiger partial charge in [0.05, 0.1) is 11.9 Å². The highest BCUT2D eigenvalue weighted by atomic mass is 16.2. The summed E-state index contributed by atoms with van der Waals surface area (Å²) in [7, 11) is 0. The van der Waals surface area contributed by atoms with Gasteiger partial charge in [0.1, 0.15) is 0 Å². The van der Waals surface area contributed by atoms with Crippen molar-refractivity contribution in [2.24, 2.45) is 5.92 Å². The molecule has 6 heteroatoms. The minimum absolute atomic E-state index is 0.300. The van der Waals surface area contributed by atoms with Crippen LogP contribution in [0.2, 0.25) is 0 Å². The number of nitrogens with zero attached hydrogens (tertiary/aromatic N) is 4. The average Bonchev–Trinajstić information content (AvgIpc) is 3.25. The molecule has 0 aliphatic heterocycles. The largest absolute Gasteiger partial charge is 0.342 e. The van der Waals surface area contributed by atoms with E-state index in [1.165, 1.54) is 4.68 Å². The number of hydrogen-bond acceptors (Lipinski definition) is 4. The topological polar surface area (TPSA) is 72.7 Å². The Bertz CT molecular complexity index is 1220. The predicted octanol–water partition coefficient (Wildman–Crippen LogP) is 5.89. The van der Waals surface area contributed by atoms with Crippen molar-refractivity contribution in [3.05, 3.63) is 95.8 Å². The van der Waals surface area contributed by atoms with Crippen molar-refractivity contribution in [3.8, 4) is 11.3 Å². The first kappa shape index (κ1) is 23.9. The molecule has 1 N–H and O–H groups in total. The summed E-state index contributed by atoms with van der Waals surface area (Å²) in [5, 5.41) is 7.12. The Morgan fingerprint density at radius 2 is 2.00 bits per heavy atom. The van der Waals surface area contributed by atoms with Crippen molar-refractivity contribution >= 4 is 11.6 Å². The van der Waals surface area contributed by atoms with Crippen molar-refractivity contribution in [1.82, 2.24) is 25.1 Å². The summed E-state index contributed by atoms with van der Waals surface area (Å²) in [6, 6.07) is 5.70. The highest BCUT2D eigenvalue weighted by Crippen LogP contribution is 2.22. The van der Waals surface area contributed by atoms with Crippen LogP contribution >= 0.6 is 0 Å². The van der Waals surface area contributed by atoms with E-state index in [0.29, 0.717) is 12.5 Å². The third kappa shape index (κ3) is 6.35. The van der Waals surface area contributed by atoms with E-state index in [2.05, 4.69) is 53.8 Å². The molecule has 0 aromatic carbocycles. The Kier molecular flexibility index (Phi) is 7.72. The molecule has 3 aromatic heterocycles.